The number of aromatic nitrogens is 2. The number of ether oxygens (including phenoxy) is 2. The summed E-state index contributed by atoms with van der Waals surface area (Å²) in [5, 5.41) is 5.60. The van der Waals surface area contributed by atoms with Gasteiger partial charge >= 0.3 is 12.7 Å². The van der Waals surface area contributed by atoms with Gasteiger partial charge in [-0.1, -0.05) is 6.92 Å². The third kappa shape index (κ3) is 8.74. The predicted molar refractivity (Wildman–Crippen MR) is 80.6 cm³/mol. The molecule has 1 unspecified atom stereocenters. The van der Waals surface area contributed by atoms with Crippen LogP contribution in [0.25, 0.3) is 0 Å². The van der Waals surface area contributed by atoms with E-state index in [1.807, 2.05) is 6.92 Å². The highest BCUT2D eigenvalue weighted by atomic mass is 19.3. The molecule has 0 aromatic carbocycles. The van der Waals surface area contributed by atoms with E-state index in [9.17, 15) is 13.6 Å². The fourth-order valence-electron chi connectivity index (χ4n) is 1.48. The van der Waals surface area contributed by atoms with Crippen molar-refractivity contribution in [1.29, 1.82) is 0 Å². The summed E-state index contributed by atoms with van der Waals surface area (Å²) >= 11 is 0. The molecule has 1 aromatic heterocycles. The molecule has 2 N–H and O–H groups in total. The van der Waals surface area contributed by atoms with E-state index >= 15 is 0 Å². The van der Waals surface area contributed by atoms with E-state index in [1.165, 1.54) is 0 Å². The lowest BCUT2D eigenvalue weighted by molar-refractivity contribution is -0.0503. The summed E-state index contributed by atoms with van der Waals surface area (Å²) in [5.74, 6) is 0.268. The van der Waals surface area contributed by atoms with Gasteiger partial charge in [-0.15, -0.1) is 0 Å². The Morgan fingerprint density at radius 2 is 1.87 bits per heavy atom. The van der Waals surface area contributed by atoms with Gasteiger partial charge in [0, 0.05) is 13.1 Å². The molecule has 1 rings (SSSR count). The van der Waals surface area contributed by atoms with E-state index < -0.39 is 18.3 Å². The number of nitrogens with zero attached hydrogens (tertiary/aromatic N) is 2. The predicted octanol–water partition coefficient (Wildman–Crippen LogP) is 2.65. The van der Waals surface area contributed by atoms with Crippen molar-refractivity contribution in [3.05, 3.63) is 12.4 Å². The van der Waals surface area contributed by atoms with E-state index in [1.54, 1.807) is 20.8 Å². The van der Waals surface area contributed by atoms with Crippen LogP contribution >= 0.6 is 0 Å². The van der Waals surface area contributed by atoms with Crippen LogP contribution in [0.4, 0.5) is 19.5 Å². The summed E-state index contributed by atoms with van der Waals surface area (Å²) in [6.07, 6.45) is 1.84. The maximum absolute atomic E-state index is 12.0. The summed E-state index contributed by atoms with van der Waals surface area (Å²) in [6.45, 7) is 5.28. The molecule has 1 heterocycles. The number of carbonyl (C=O) groups is 1. The molecule has 23 heavy (non-hydrogen) atoms. The van der Waals surface area contributed by atoms with E-state index in [2.05, 4.69) is 25.3 Å². The third-order valence-electron chi connectivity index (χ3n) is 2.46. The quantitative estimate of drug-likeness (QED) is 0.798. The lowest BCUT2D eigenvalue weighted by Crippen LogP contribution is -2.36. The van der Waals surface area contributed by atoms with Crippen LogP contribution in [-0.4, -0.2) is 41.4 Å². The molecule has 0 saturated carbocycles. The molecule has 1 amide bonds. The van der Waals surface area contributed by atoms with Crippen LogP contribution in [0.1, 0.15) is 27.7 Å². The first-order chi connectivity index (χ1) is 10.7. The van der Waals surface area contributed by atoms with E-state index in [0.717, 1.165) is 12.4 Å². The number of hydrogen-bond donors (Lipinski definition) is 2. The molecule has 0 radical (unpaired) electrons. The Morgan fingerprint density at radius 1 is 1.26 bits per heavy atom. The molecular formula is C14H22F2N4O3. The number of alkyl carbamates (subject to hydrolysis) is 1. The van der Waals surface area contributed by atoms with Gasteiger partial charge in [-0.2, -0.15) is 8.78 Å². The molecular weight excluding hydrogens is 310 g/mol. The summed E-state index contributed by atoms with van der Waals surface area (Å²) in [5.41, 5.74) is -0.540. The first-order valence-electron chi connectivity index (χ1n) is 7.13. The number of carbonyl (C=O) groups excluding carboxylic acids is 1. The fraction of sp³-hybridized carbons (Fsp3) is 0.643. The Balaban J connectivity index is 2.30. The van der Waals surface area contributed by atoms with Crippen molar-refractivity contribution in [2.75, 3.05) is 18.4 Å². The van der Waals surface area contributed by atoms with E-state index in [-0.39, 0.29) is 17.6 Å². The smallest absolute Gasteiger partial charge is 0.407 e. The number of hydrogen-bond acceptors (Lipinski definition) is 6. The zero-order chi connectivity index (χ0) is 17.5. The molecule has 130 valence electrons. The first kappa shape index (κ1) is 18.9. The average molecular weight is 332 g/mol. The van der Waals surface area contributed by atoms with Crippen LogP contribution in [0.3, 0.4) is 0 Å². The summed E-state index contributed by atoms with van der Waals surface area (Å²) in [6, 6.07) is 0. The van der Waals surface area contributed by atoms with Crippen molar-refractivity contribution in [2.45, 2.75) is 39.9 Å². The van der Waals surface area contributed by atoms with Gasteiger partial charge in [-0.05, 0) is 26.7 Å². The van der Waals surface area contributed by atoms with Crippen LogP contribution in [0.2, 0.25) is 0 Å². The second kappa shape index (κ2) is 8.44. The minimum Gasteiger partial charge on any atom is -0.444 e. The maximum atomic E-state index is 12.0. The van der Waals surface area contributed by atoms with Crippen molar-refractivity contribution >= 4 is 12.0 Å². The normalized spacial score (nSPS) is 12.7. The van der Waals surface area contributed by atoms with Gasteiger partial charge in [0.1, 0.15) is 5.60 Å². The number of rotatable bonds is 7. The second-order valence-electron chi connectivity index (χ2n) is 5.99. The molecule has 9 heteroatoms. The maximum Gasteiger partial charge on any atom is 0.407 e. The Morgan fingerprint density at radius 3 is 2.39 bits per heavy atom. The minimum atomic E-state index is -2.91. The number of amides is 1. The minimum absolute atomic E-state index is 0.0862. The molecule has 0 aliphatic rings. The Bertz CT molecular complexity index is 492. The van der Waals surface area contributed by atoms with Crippen LogP contribution in [-0.2, 0) is 4.74 Å². The van der Waals surface area contributed by atoms with Crippen molar-refractivity contribution in [1.82, 2.24) is 15.3 Å². The highest BCUT2D eigenvalue weighted by molar-refractivity contribution is 5.67. The molecule has 1 aromatic rings. The van der Waals surface area contributed by atoms with Crippen molar-refractivity contribution < 1.29 is 23.0 Å². The van der Waals surface area contributed by atoms with Crippen molar-refractivity contribution in [2.24, 2.45) is 5.92 Å². The van der Waals surface area contributed by atoms with Gasteiger partial charge in [0.25, 0.3) is 0 Å². The van der Waals surface area contributed by atoms with Crippen molar-refractivity contribution in [3.8, 4) is 5.75 Å². The first-order valence-corrected chi connectivity index (χ1v) is 7.13. The number of anilines is 1. The van der Waals surface area contributed by atoms with Crippen LogP contribution in [0, 0.1) is 5.92 Å². The van der Waals surface area contributed by atoms with Gasteiger partial charge in [0.05, 0.1) is 12.4 Å². The highest BCUT2D eigenvalue weighted by Gasteiger charge is 2.16. The monoisotopic (exact) mass is 332 g/mol. The van der Waals surface area contributed by atoms with Gasteiger partial charge in [-0.3, -0.25) is 0 Å². The zero-order valence-corrected chi connectivity index (χ0v) is 13.6. The largest absolute Gasteiger partial charge is 0.444 e. The lowest BCUT2D eigenvalue weighted by atomic mass is 10.2. The molecule has 0 saturated heterocycles. The van der Waals surface area contributed by atoms with Gasteiger partial charge < -0.3 is 20.1 Å². The molecule has 0 bridgehead atoms. The standard InChI is InChI=1S/C14H22F2N4O3/c1-9(6-20-13(21)23-14(2,3)4)5-17-12-18-7-10(8-19-12)22-11(15)16/h7-9,11H,5-6H2,1-4H3,(H,20,21)(H,17,18,19). The number of nitrogens with one attached hydrogen (secondary N) is 2. The van der Waals surface area contributed by atoms with Crippen molar-refractivity contribution in [3.63, 3.8) is 0 Å². The van der Waals surface area contributed by atoms with Gasteiger partial charge in [-0.25, -0.2) is 14.8 Å². The van der Waals surface area contributed by atoms with Crippen LogP contribution < -0.4 is 15.4 Å². The number of alkyl halides is 2. The highest BCUT2D eigenvalue weighted by Crippen LogP contribution is 2.12. The molecule has 0 spiro atoms. The number of halogens is 2. The van der Waals surface area contributed by atoms with E-state index in [0.29, 0.717) is 13.1 Å². The fourth-order valence-corrected chi connectivity index (χ4v) is 1.48. The summed E-state index contributed by atoms with van der Waals surface area (Å²) < 4.78 is 33.3. The summed E-state index contributed by atoms with van der Waals surface area (Å²) in [7, 11) is 0. The van der Waals surface area contributed by atoms with Crippen LogP contribution in [0.15, 0.2) is 12.4 Å². The molecule has 0 aliphatic carbocycles. The average Bonchev–Trinajstić information content (AvgIpc) is 2.42. The van der Waals surface area contributed by atoms with Gasteiger partial charge in [0.15, 0.2) is 5.75 Å². The SMILES string of the molecule is CC(CNC(=O)OC(C)(C)C)CNc1ncc(OC(F)F)cn1. The Kier molecular flexibility index (Phi) is 6.92. The second-order valence-corrected chi connectivity index (χ2v) is 5.99. The third-order valence-corrected chi connectivity index (χ3v) is 2.46. The Hall–Kier alpha value is -2.19. The molecule has 7 nitrogen and oxygen atoms in total. The lowest BCUT2D eigenvalue weighted by Gasteiger charge is -2.20. The Labute approximate surface area is 133 Å². The zero-order valence-electron chi connectivity index (χ0n) is 13.6. The molecule has 1 atom stereocenters. The topological polar surface area (TPSA) is 85.4 Å². The van der Waals surface area contributed by atoms with Crippen LogP contribution in [0.5, 0.6) is 5.75 Å². The molecule has 0 fully saturated rings. The summed E-state index contributed by atoms with van der Waals surface area (Å²) in [4.78, 5) is 19.2. The van der Waals surface area contributed by atoms with E-state index in [4.69, 9.17) is 4.74 Å². The molecule has 0 aliphatic heterocycles. The van der Waals surface area contributed by atoms with Gasteiger partial charge in [0.2, 0.25) is 5.95 Å².